The largest absolute Gasteiger partial charge is 0.465 e. The van der Waals surface area contributed by atoms with Crippen LogP contribution in [0.4, 0.5) is 0 Å². The number of hydrogen-bond donors (Lipinski definition) is 1. The molecule has 15 heavy (non-hydrogen) atoms. The van der Waals surface area contributed by atoms with Gasteiger partial charge >= 0.3 is 5.97 Å². The Morgan fingerprint density at radius 1 is 1.47 bits per heavy atom. The second kappa shape index (κ2) is 7.32. The van der Waals surface area contributed by atoms with E-state index in [1.165, 1.54) is 7.11 Å². The van der Waals surface area contributed by atoms with Gasteiger partial charge in [-0.1, -0.05) is 0 Å². The Morgan fingerprint density at radius 3 is 2.33 bits per heavy atom. The van der Waals surface area contributed by atoms with Gasteiger partial charge in [-0.3, -0.25) is 5.41 Å². The van der Waals surface area contributed by atoms with E-state index in [2.05, 4.69) is 24.5 Å². The molecule has 4 heteroatoms. The molecule has 0 aromatic heterocycles. The number of hydrogen-bond acceptors (Lipinski definition) is 3. The molecular formula is C11H18NO2S+. The Morgan fingerprint density at radius 2 is 2.00 bits per heavy atom. The first-order chi connectivity index (χ1) is 7.10. The van der Waals surface area contributed by atoms with E-state index in [-0.39, 0.29) is 16.5 Å². The SMILES string of the molecule is CC[S+](/C=C(\C)C(=C=N)C(=O)OC)CC. The van der Waals surface area contributed by atoms with Gasteiger partial charge in [0.15, 0.2) is 0 Å². The molecule has 0 atom stereocenters. The molecule has 0 aliphatic heterocycles. The van der Waals surface area contributed by atoms with Crippen molar-refractivity contribution in [3.05, 3.63) is 16.6 Å². The van der Waals surface area contributed by atoms with Gasteiger partial charge in [-0.05, 0) is 26.6 Å². The van der Waals surface area contributed by atoms with Crippen molar-refractivity contribution in [2.24, 2.45) is 0 Å². The highest BCUT2D eigenvalue weighted by atomic mass is 32.2. The maximum absolute atomic E-state index is 11.3. The van der Waals surface area contributed by atoms with E-state index in [1.54, 1.807) is 0 Å². The van der Waals surface area contributed by atoms with Gasteiger partial charge in [0.05, 0.1) is 7.11 Å². The maximum Gasteiger partial charge on any atom is 0.347 e. The fraction of sp³-hybridized carbons (Fsp3) is 0.545. The van der Waals surface area contributed by atoms with E-state index in [0.717, 1.165) is 17.1 Å². The Hall–Kier alpha value is -0.990. The van der Waals surface area contributed by atoms with E-state index in [1.807, 2.05) is 12.3 Å². The number of carbonyl (C=O) groups is 1. The van der Waals surface area contributed by atoms with Crippen LogP contribution in [0.1, 0.15) is 20.8 Å². The quantitative estimate of drug-likeness (QED) is 0.257. The van der Waals surface area contributed by atoms with E-state index in [4.69, 9.17) is 5.41 Å². The summed E-state index contributed by atoms with van der Waals surface area (Å²) in [6.07, 6.45) is 0. The zero-order chi connectivity index (χ0) is 11.8. The standard InChI is InChI=1S/C11H18NO2S/c1-5-15(6-2)8-9(3)10(7-12)11(13)14-4/h8,12H,5-6H2,1-4H3/q+1/b9-8+. The summed E-state index contributed by atoms with van der Waals surface area (Å²) in [5.41, 5.74) is 1.00. The molecule has 0 saturated carbocycles. The first-order valence-electron chi connectivity index (χ1n) is 4.83. The Labute approximate surface area is 94.1 Å². The predicted molar refractivity (Wildman–Crippen MR) is 65.5 cm³/mol. The second-order valence-corrected chi connectivity index (χ2v) is 5.37. The van der Waals surface area contributed by atoms with Gasteiger partial charge in [-0.2, -0.15) is 0 Å². The molecular weight excluding hydrogens is 210 g/mol. The third-order valence-corrected chi connectivity index (χ3v) is 4.16. The first-order valence-corrected chi connectivity index (χ1v) is 6.46. The van der Waals surface area contributed by atoms with Crippen LogP contribution >= 0.6 is 0 Å². The molecule has 0 amide bonds. The Bertz CT molecular complexity index is 300. The van der Waals surface area contributed by atoms with Crippen LogP contribution in [-0.2, 0) is 20.4 Å². The van der Waals surface area contributed by atoms with Crippen LogP contribution in [0, 0.1) is 5.41 Å². The van der Waals surface area contributed by atoms with Gasteiger partial charge in [0.25, 0.3) is 0 Å². The predicted octanol–water partition coefficient (Wildman–Crippen LogP) is 1.90. The fourth-order valence-corrected chi connectivity index (χ4v) is 2.45. The molecule has 0 saturated heterocycles. The van der Waals surface area contributed by atoms with Gasteiger partial charge in [-0.15, -0.1) is 0 Å². The molecule has 0 fully saturated rings. The summed E-state index contributed by atoms with van der Waals surface area (Å²) >= 11 is 0. The average molecular weight is 228 g/mol. The van der Waals surface area contributed by atoms with E-state index >= 15 is 0 Å². The van der Waals surface area contributed by atoms with Gasteiger partial charge in [0.1, 0.15) is 22.5 Å². The molecule has 0 aliphatic carbocycles. The summed E-state index contributed by atoms with van der Waals surface area (Å²) in [5, 5.41) is 9.09. The highest BCUT2D eigenvalue weighted by molar-refractivity contribution is 7.99. The zero-order valence-corrected chi connectivity index (χ0v) is 10.5. The minimum atomic E-state index is -0.491. The van der Waals surface area contributed by atoms with Crippen LogP contribution in [0.2, 0.25) is 0 Å². The topological polar surface area (TPSA) is 50.2 Å². The molecule has 0 radical (unpaired) electrons. The van der Waals surface area contributed by atoms with Crippen molar-refractivity contribution in [2.75, 3.05) is 18.6 Å². The lowest BCUT2D eigenvalue weighted by Gasteiger charge is -2.02. The summed E-state index contributed by atoms with van der Waals surface area (Å²) in [4.78, 5) is 11.3. The lowest BCUT2D eigenvalue weighted by atomic mass is 10.1. The fourth-order valence-electron chi connectivity index (χ4n) is 1.09. The Kier molecular flexibility index (Phi) is 6.84. The Balaban J connectivity index is 4.88. The van der Waals surface area contributed by atoms with Crippen molar-refractivity contribution in [3.8, 4) is 0 Å². The first kappa shape index (κ1) is 14.0. The van der Waals surface area contributed by atoms with Crippen LogP contribution < -0.4 is 0 Å². The molecule has 3 nitrogen and oxygen atoms in total. The summed E-state index contributed by atoms with van der Waals surface area (Å²) in [6.45, 7) is 6.05. The molecule has 84 valence electrons. The van der Waals surface area contributed by atoms with Crippen molar-refractivity contribution >= 4 is 22.7 Å². The summed E-state index contributed by atoms with van der Waals surface area (Å²) < 4.78 is 4.58. The van der Waals surface area contributed by atoms with Crippen molar-refractivity contribution in [2.45, 2.75) is 20.8 Å². The number of esters is 1. The monoisotopic (exact) mass is 228 g/mol. The molecule has 0 spiro atoms. The highest BCUT2D eigenvalue weighted by Crippen LogP contribution is 2.12. The summed E-state index contributed by atoms with van der Waals surface area (Å²) in [7, 11) is 1.49. The third-order valence-electron chi connectivity index (χ3n) is 1.99. The lowest BCUT2D eigenvalue weighted by molar-refractivity contribution is -0.135. The normalized spacial score (nSPS) is 11.1. The zero-order valence-electron chi connectivity index (χ0n) is 9.72. The number of methoxy groups -OCH3 is 1. The lowest BCUT2D eigenvalue weighted by Crippen LogP contribution is -2.10. The molecule has 0 unspecified atom stereocenters. The van der Waals surface area contributed by atoms with Gasteiger partial charge in [-0.25, -0.2) is 4.79 Å². The number of rotatable bonds is 5. The van der Waals surface area contributed by atoms with Crippen LogP contribution in [0.25, 0.3) is 0 Å². The average Bonchev–Trinajstić information content (AvgIpc) is 2.26. The second-order valence-electron chi connectivity index (χ2n) is 2.91. The van der Waals surface area contributed by atoms with Crippen molar-refractivity contribution < 1.29 is 9.53 Å². The van der Waals surface area contributed by atoms with E-state index < -0.39 is 5.97 Å². The van der Waals surface area contributed by atoms with Crippen molar-refractivity contribution in [1.29, 1.82) is 5.41 Å². The van der Waals surface area contributed by atoms with Crippen LogP contribution in [0.3, 0.4) is 0 Å². The molecule has 0 rings (SSSR count). The minimum absolute atomic E-state index is 0.177. The molecule has 0 bridgehead atoms. The highest BCUT2D eigenvalue weighted by Gasteiger charge is 2.16. The third kappa shape index (κ3) is 4.36. The van der Waals surface area contributed by atoms with E-state index in [0.29, 0.717) is 0 Å². The van der Waals surface area contributed by atoms with Crippen LogP contribution in [0.15, 0.2) is 16.6 Å². The van der Waals surface area contributed by atoms with Gasteiger partial charge in [0.2, 0.25) is 0 Å². The number of nitrogens with one attached hydrogen (secondary N) is 1. The molecule has 0 heterocycles. The molecule has 1 N–H and O–H groups in total. The van der Waals surface area contributed by atoms with Crippen LogP contribution in [0.5, 0.6) is 0 Å². The minimum Gasteiger partial charge on any atom is -0.465 e. The maximum atomic E-state index is 11.3. The van der Waals surface area contributed by atoms with Gasteiger partial charge in [0, 0.05) is 16.5 Å². The van der Waals surface area contributed by atoms with E-state index in [9.17, 15) is 4.79 Å². The number of carbonyl (C=O) groups excluding carboxylic acids is 1. The number of ether oxygens (including phenoxy) is 1. The summed E-state index contributed by atoms with van der Waals surface area (Å²) in [5.74, 6) is 3.75. The van der Waals surface area contributed by atoms with Crippen molar-refractivity contribution in [3.63, 3.8) is 0 Å². The summed E-state index contributed by atoms with van der Waals surface area (Å²) in [6, 6.07) is 0. The van der Waals surface area contributed by atoms with Gasteiger partial charge < -0.3 is 4.74 Å². The molecule has 0 aromatic carbocycles. The molecule has 0 aliphatic rings. The van der Waals surface area contributed by atoms with Crippen LogP contribution in [-0.4, -0.2) is 30.5 Å². The van der Waals surface area contributed by atoms with Crippen molar-refractivity contribution in [1.82, 2.24) is 0 Å². The smallest absolute Gasteiger partial charge is 0.347 e. The molecule has 0 aromatic rings.